The van der Waals surface area contributed by atoms with Gasteiger partial charge in [0.25, 0.3) is 5.91 Å². The van der Waals surface area contributed by atoms with Crippen molar-refractivity contribution in [2.45, 2.75) is 37.8 Å². The van der Waals surface area contributed by atoms with Crippen LogP contribution in [-0.4, -0.2) is 51.9 Å². The molecule has 14 heteroatoms. The average molecular weight is 701 g/mol. The highest BCUT2D eigenvalue weighted by molar-refractivity contribution is 6.31. The number of aromatic nitrogens is 3. The van der Waals surface area contributed by atoms with Gasteiger partial charge in [-0.05, 0) is 61.7 Å². The molecule has 5 aromatic rings. The molecule has 3 aromatic carbocycles. The van der Waals surface area contributed by atoms with Crippen molar-refractivity contribution in [2.24, 2.45) is 5.73 Å². The molecule has 0 bridgehead atoms. The third-order valence-corrected chi connectivity index (χ3v) is 8.65. The van der Waals surface area contributed by atoms with Gasteiger partial charge in [0, 0.05) is 34.3 Å². The molecule has 6 rings (SSSR count). The Bertz CT molecular complexity index is 2200. The van der Waals surface area contributed by atoms with Crippen LogP contribution in [0.2, 0.25) is 5.02 Å². The summed E-state index contributed by atoms with van der Waals surface area (Å²) in [7, 11) is 1.48. The third-order valence-electron chi connectivity index (χ3n) is 8.36. The minimum atomic E-state index is -2.19. The molecule has 1 saturated carbocycles. The second-order valence-corrected chi connectivity index (χ2v) is 12.3. The van der Waals surface area contributed by atoms with Crippen molar-refractivity contribution in [1.82, 2.24) is 20.1 Å². The zero-order chi connectivity index (χ0) is 35.7. The fourth-order valence-corrected chi connectivity index (χ4v) is 5.90. The van der Waals surface area contributed by atoms with Crippen molar-refractivity contribution >= 4 is 34.3 Å². The predicted octanol–water partition coefficient (Wildman–Crippen LogP) is 5.34. The summed E-state index contributed by atoms with van der Waals surface area (Å²) in [6.45, 7) is 1.21. The van der Waals surface area contributed by atoms with Gasteiger partial charge < -0.3 is 25.6 Å². The SMILES string of the molecule is CCOc1c(CC(N)=O)cc([C@@](O)(CNC(=O)c2cc(OC)c3nn(C4CC4)cc3c2)c2cccc(C#N)c2)nc1-c1cc(Cl)c(F)cc1F. The number of nitrogens with zero attached hydrogens (tertiary/aromatic N) is 4. The van der Waals surface area contributed by atoms with Crippen LogP contribution in [0.4, 0.5) is 8.78 Å². The Kier molecular flexibility index (Phi) is 9.42. The zero-order valence-corrected chi connectivity index (χ0v) is 27.7. The highest BCUT2D eigenvalue weighted by Gasteiger charge is 2.37. The Morgan fingerprint density at radius 2 is 1.96 bits per heavy atom. The lowest BCUT2D eigenvalue weighted by Crippen LogP contribution is -2.42. The first-order chi connectivity index (χ1) is 23.9. The molecule has 0 unspecified atom stereocenters. The quantitative estimate of drug-likeness (QED) is 0.147. The summed E-state index contributed by atoms with van der Waals surface area (Å²) in [4.78, 5) is 30.6. The van der Waals surface area contributed by atoms with Crippen LogP contribution in [-0.2, 0) is 16.8 Å². The number of nitrogens with one attached hydrogen (secondary N) is 1. The number of aliphatic hydroxyl groups is 1. The van der Waals surface area contributed by atoms with Gasteiger partial charge in [-0.25, -0.2) is 13.8 Å². The number of rotatable bonds is 12. The van der Waals surface area contributed by atoms with Gasteiger partial charge in [-0.2, -0.15) is 10.4 Å². The standard InChI is InChI=1S/C36H31ClF2N6O5/c1-3-50-34-20(13-31(41)46)12-30(43-33(34)25-14-26(37)28(39)15-27(25)38)36(48,23-6-4-5-19(9-23)16-40)18-42-35(47)21-10-22-17-45(24-7-8-24)44-32(22)29(11-21)49-2/h4-6,9-12,14-15,17,24,48H,3,7-8,13,18H2,1-2H3,(H2,41,46)(H,42,47)/t36-/m1/s1. The van der Waals surface area contributed by atoms with Crippen LogP contribution < -0.4 is 20.5 Å². The third kappa shape index (κ3) is 6.67. The fourth-order valence-electron chi connectivity index (χ4n) is 5.74. The number of amides is 2. The van der Waals surface area contributed by atoms with Crippen molar-refractivity contribution in [2.75, 3.05) is 20.3 Å². The number of hydrogen-bond acceptors (Lipinski definition) is 8. The van der Waals surface area contributed by atoms with Gasteiger partial charge in [-0.15, -0.1) is 0 Å². The lowest BCUT2D eigenvalue weighted by atomic mass is 9.87. The van der Waals surface area contributed by atoms with Crippen LogP contribution in [0.25, 0.3) is 22.2 Å². The molecule has 2 heterocycles. The average Bonchev–Trinajstić information content (AvgIpc) is 3.87. The second-order valence-electron chi connectivity index (χ2n) is 11.9. The molecule has 4 N–H and O–H groups in total. The predicted molar refractivity (Wildman–Crippen MR) is 180 cm³/mol. The van der Waals surface area contributed by atoms with E-state index in [9.17, 15) is 24.3 Å². The molecule has 2 aromatic heterocycles. The highest BCUT2D eigenvalue weighted by atomic mass is 35.5. The lowest BCUT2D eigenvalue weighted by molar-refractivity contribution is -0.117. The molecule has 2 amide bonds. The molecule has 1 aliphatic rings. The Balaban J connectivity index is 1.49. The summed E-state index contributed by atoms with van der Waals surface area (Å²) in [6, 6.07) is 14.5. The van der Waals surface area contributed by atoms with Crippen LogP contribution in [0.3, 0.4) is 0 Å². The minimum absolute atomic E-state index is 0.0408. The summed E-state index contributed by atoms with van der Waals surface area (Å²) in [5.74, 6) is -3.07. The number of benzene rings is 3. The number of fused-ring (bicyclic) bond motifs is 1. The number of hydrogen-bond donors (Lipinski definition) is 3. The van der Waals surface area contributed by atoms with E-state index in [0.29, 0.717) is 28.8 Å². The highest BCUT2D eigenvalue weighted by Crippen LogP contribution is 2.40. The number of nitriles is 1. The number of halogens is 3. The smallest absolute Gasteiger partial charge is 0.251 e. The molecule has 0 spiro atoms. The Hall–Kier alpha value is -5.58. The maximum Gasteiger partial charge on any atom is 0.251 e. The largest absolute Gasteiger partial charge is 0.494 e. The number of primary amides is 1. The van der Waals surface area contributed by atoms with Gasteiger partial charge in [0.15, 0.2) is 0 Å². The molecule has 1 aliphatic carbocycles. The van der Waals surface area contributed by atoms with Gasteiger partial charge in [-0.3, -0.25) is 14.3 Å². The van der Waals surface area contributed by atoms with Gasteiger partial charge in [0.05, 0.1) is 55.1 Å². The molecule has 0 aliphatic heterocycles. The maximum atomic E-state index is 15.4. The summed E-state index contributed by atoms with van der Waals surface area (Å²) in [5.41, 5.74) is 4.01. The van der Waals surface area contributed by atoms with Gasteiger partial charge >= 0.3 is 0 Å². The first-order valence-corrected chi connectivity index (χ1v) is 16.0. The summed E-state index contributed by atoms with van der Waals surface area (Å²) in [6.07, 6.45) is 3.46. The molecule has 1 atom stereocenters. The number of pyridine rings is 1. The number of carbonyl (C=O) groups excluding carboxylic acids is 2. The first-order valence-electron chi connectivity index (χ1n) is 15.6. The molecule has 0 saturated heterocycles. The number of carbonyl (C=O) groups is 2. The van der Waals surface area contributed by atoms with E-state index < -0.39 is 47.0 Å². The van der Waals surface area contributed by atoms with E-state index in [-0.39, 0.29) is 51.6 Å². The van der Waals surface area contributed by atoms with Crippen LogP contribution in [0, 0.1) is 23.0 Å². The Labute approximate surface area is 290 Å². The molecule has 0 radical (unpaired) electrons. The van der Waals surface area contributed by atoms with Crippen LogP contribution in [0.1, 0.15) is 58.5 Å². The Morgan fingerprint density at radius 1 is 1.18 bits per heavy atom. The monoisotopic (exact) mass is 700 g/mol. The normalized spacial score (nSPS) is 13.8. The van der Waals surface area contributed by atoms with Crippen molar-refractivity contribution in [1.29, 1.82) is 5.26 Å². The zero-order valence-electron chi connectivity index (χ0n) is 27.0. The molecular weight excluding hydrogens is 670 g/mol. The van der Waals surface area contributed by atoms with Crippen LogP contribution >= 0.6 is 11.6 Å². The van der Waals surface area contributed by atoms with Crippen molar-refractivity contribution in [3.05, 3.63) is 105 Å². The number of methoxy groups -OCH3 is 1. The maximum absolute atomic E-state index is 15.4. The first kappa shape index (κ1) is 34.3. The van der Waals surface area contributed by atoms with E-state index in [4.69, 9.17) is 26.8 Å². The summed E-state index contributed by atoms with van der Waals surface area (Å²) < 4.78 is 42.8. The Morgan fingerprint density at radius 3 is 2.64 bits per heavy atom. The van der Waals surface area contributed by atoms with Gasteiger partial charge in [-0.1, -0.05) is 23.7 Å². The molecule has 1 fully saturated rings. The number of nitrogens with two attached hydrogens (primary N) is 1. The van der Waals surface area contributed by atoms with Crippen molar-refractivity contribution in [3.63, 3.8) is 0 Å². The van der Waals surface area contributed by atoms with Crippen molar-refractivity contribution in [3.8, 4) is 28.8 Å². The van der Waals surface area contributed by atoms with Gasteiger partial charge in [0.2, 0.25) is 5.91 Å². The molecule has 50 heavy (non-hydrogen) atoms. The van der Waals surface area contributed by atoms with Crippen LogP contribution in [0.5, 0.6) is 11.5 Å². The topological polar surface area (TPSA) is 165 Å². The van der Waals surface area contributed by atoms with Gasteiger partial charge in [0.1, 0.15) is 39.9 Å². The summed E-state index contributed by atoms with van der Waals surface area (Å²) in [5, 5.41) is 29.9. The second kappa shape index (κ2) is 13.7. The molecule has 11 nitrogen and oxygen atoms in total. The fraction of sp³-hybridized carbons (Fsp3) is 0.250. The van der Waals surface area contributed by atoms with E-state index >= 15 is 4.39 Å². The lowest BCUT2D eigenvalue weighted by Gasteiger charge is -2.30. The van der Waals surface area contributed by atoms with E-state index in [1.165, 1.54) is 43.5 Å². The van der Waals surface area contributed by atoms with E-state index in [0.717, 1.165) is 18.9 Å². The molecular formula is C36H31ClF2N6O5. The van der Waals surface area contributed by atoms with Crippen LogP contribution in [0.15, 0.2) is 60.8 Å². The number of ether oxygens (including phenoxy) is 2. The van der Waals surface area contributed by atoms with Crippen molar-refractivity contribution < 1.29 is 33.0 Å². The minimum Gasteiger partial charge on any atom is -0.494 e. The summed E-state index contributed by atoms with van der Waals surface area (Å²) >= 11 is 6.04. The molecule has 256 valence electrons. The van der Waals surface area contributed by atoms with E-state index in [1.54, 1.807) is 13.0 Å². The van der Waals surface area contributed by atoms with E-state index in [1.807, 2.05) is 16.9 Å². The van der Waals surface area contributed by atoms with E-state index in [2.05, 4.69) is 15.4 Å².